The molecular weight excluding hydrogens is 200 g/mol. The molecule has 0 aliphatic carbocycles. The van der Waals surface area contributed by atoms with Crippen molar-refractivity contribution in [2.45, 2.75) is 12.8 Å². The highest BCUT2D eigenvalue weighted by Crippen LogP contribution is 2.19. The van der Waals surface area contributed by atoms with Crippen LogP contribution in [0.1, 0.15) is 12.8 Å². The van der Waals surface area contributed by atoms with Gasteiger partial charge in [-0.15, -0.1) is 0 Å². The van der Waals surface area contributed by atoms with Crippen LogP contribution in [-0.4, -0.2) is 36.6 Å². The number of nitrogens with zero attached hydrogens (tertiary/aromatic N) is 2. The Kier molecular flexibility index (Phi) is 3.62. The first-order chi connectivity index (χ1) is 7.75. The molecule has 0 atom stereocenters. The standard InChI is InChI=1S/C12H20N4/c1-16-7-4-10(5-8-16)9-15-11-3-2-6-14-12(11)13/h2-3,6,10,15H,4-5,7-9H2,1H3,(H2,13,14). The number of nitrogens with two attached hydrogens (primary N) is 1. The van der Waals surface area contributed by atoms with Crippen molar-refractivity contribution in [2.75, 3.05) is 37.7 Å². The third kappa shape index (κ3) is 2.85. The molecule has 16 heavy (non-hydrogen) atoms. The molecule has 0 bridgehead atoms. The molecule has 2 heterocycles. The predicted octanol–water partition coefficient (Wildman–Crippen LogP) is 1.42. The van der Waals surface area contributed by atoms with Gasteiger partial charge >= 0.3 is 0 Å². The molecule has 0 spiro atoms. The van der Waals surface area contributed by atoms with Crippen LogP contribution < -0.4 is 11.1 Å². The highest BCUT2D eigenvalue weighted by Gasteiger charge is 2.16. The molecule has 1 aromatic heterocycles. The molecule has 0 radical (unpaired) electrons. The average molecular weight is 220 g/mol. The van der Waals surface area contributed by atoms with Gasteiger partial charge in [0, 0.05) is 12.7 Å². The van der Waals surface area contributed by atoms with Gasteiger partial charge in [-0.1, -0.05) is 0 Å². The van der Waals surface area contributed by atoms with Gasteiger partial charge < -0.3 is 16.0 Å². The van der Waals surface area contributed by atoms with Crippen LogP contribution in [-0.2, 0) is 0 Å². The van der Waals surface area contributed by atoms with E-state index in [-0.39, 0.29) is 0 Å². The van der Waals surface area contributed by atoms with Crippen LogP contribution in [0.25, 0.3) is 0 Å². The number of piperidine rings is 1. The molecule has 1 fully saturated rings. The van der Waals surface area contributed by atoms with Gasteiger partial charge in [0.2, 0.25) is 0 Å². The summed E-state index contributed by atoms with van der Waals surface area (Å²) in [6.45, 7) is 3.41. The molecule has 1 aliphatic heterocycles. The van der Waals surface area contributed by atoms with Gasteiger partial charge in [0.05, 0.1) is 5.69 Å². The molecule has 1 aliphatic rings. The van der Waals surface area contributed by atoms with Gasteiger partial charge in [0.1, 0.15) is 5.82 Å². The fraction of sp³-hybridized carbons (Fsp3) is 0.583. The lowest BCUT2D eigenvalue weighted by molar-refractivity contribution is 0.226. The Labute approximate surface area is 96.8 Å². The van der Waals surface area contributed by atoms with E-state index in [1.807, 2.05) is 12.1 Å². The van der Waals surface area contributed by atoms with Crippen LogP contribution in [0.4, 0.5) is 11.5 Å². The first-order valence-corrected chi connectivity index (χ1v) is 5.88. The van der Waals surface area contributed by atoms with E-state index in [1.165, 1.54) is 25.9 Å². The van der Waals surface area contributed by atoms with E-state index in [4.69, 9.17) is 5.73 Å². The third-order valence-corrected chi connectivity index (χ3v) is 3.26. The van der Waals surface area contributed by atoms with Crippen LogP contribution in [0.5, 0.6) is 0 Å². The maximum Gasteiger partial charge on any atom is 0.146 e. The van der Waals surface area contributed by atoms with Crippen LogP contribution in [0.3, 0.4) is 0 Å². The predicted molar refractivity (Wildman–Crippen MR) is 67.4 cm³/mol. The Balaban J connectivity index is 1.81. The molecule has 4 nitrogen and oxygen atoms in total. The van der Waals surface area contributed by atoms with E-state index in [1.54, 1.807) is 6.20 Å². The maximum atomic E-state index is 5.78. The summed E-state index contributed by atoms with van der Waals surface area (Å²) in [7, 11) is 2.18. The van der Waals surface area contributed by atoms with Crippen molar-refractivity contribution in [3.8, 4) is 0 Å². The Morgan fingerprint density at radius 2 is 2.25 bits per heavy atom. The Morgan fingerprint density at radius 3 is 2.94 bits per heavy atom. The van der Waals surface area contributed by atoms with Crippen LogP contribution in [0.15, 0.2) is 18.3 Å². The molecule has 0 aromatic carbocycles. The lowest BCUT2D eigenvalue weighted by Gasteiger charge is -2.29. The molecule has 3 N–H and O–H groups in total. The van der Waals surface area contributed by atoms with Crippen LogP contribution in [0, 0.1) is 5.92 Å². The van der Waals surface area contributed by atoms with E-state index in [0.29, 0.717) is 5.82 Å². The van der Waals surface area contributed by atoms with Crippen molar-refractivity contribution in [3.63, 3.8) is 0 Å². The minimum absolute atomic E-state index is 0.593. The number of nitrogens with one attached hydrogen (secondary N) is 1. The number of anilines is 2. The zero-order valence-electron chi connectivity index (χ0n) is 9.82. The van der Waals surface area contributed by atoms with Gasteiger partial charge in [-0.2, -0.15) is 0 Å². The number of aromatic nitrogens is 1. The summed E-state index contributed by atoms with van der Waals surface area (Å²) in [5.74, 6) is 1.35. The Bertz CT molecular complexity index is 332. The van der Waals surface area contributed by atoms with Gasteiger partial charge in [-0.3, -0.25) is 0 Å². The fourth-order valence-corrected chi connectivity index (χ4v) is 2.09. The summed E-state index contributed by atoms with van der Waals surface area (Å²) in [5.41, 5.74) is 6.74. The molecule has 0 saturated carbocycles. The smallest absolute Gasteiger partial charge is 0.146 e. The van der Waals surface area contributed by atoms with Crippen LogP contribution in [0.2, 0.25) is 0 Å². The molecular formula is C12H20N4. The van der Waals surface area contributed by atoms with Crippen molar-refractivity contribution in [1.29, 1.82) is 0 Å². The first kappa shape index (κ1) is 11.2. The average Bonchev–Trinajstić information content (AvgIpc) is 2.30. The van der Waals surface area contributed by atoms with E-state index >= 15 is 0 Å². The highest BCUT2D eigenvalue weighted by atomic mass is 15.1. The highest BCUT2D eigenvalue weighted by molar-refractivity contribution is 5.60. The van der Waals surface area contributed by atoms with Crippen LogP contribution >= 0.6 is 0 Å². The number of rotatable bonds is 3. The quantitative estimate of drug-likeness (QED) is 0.809. The number of hydrogen-bond donors (Lipinski definition) is 2. The monoisotopic (exact) mass is 220 g/mol. The zero-order chi connectivity index (χ0) is 11.4. The van der Waals surface area contributed by atoms with E-state index < -0.39 is 0 Å². The number of nitrogen functional groups attached to an aromatic ring is 1. The molecule has 4 heteroatoms. The van der Waals surface area contributed by atoms with Crippen molar-refractivity contribution in [2.24, 2.45) is 5.92 Å². The van der Waals surface area contributed by atoms with Crippen molar-refractivity contribution in [1.82, 2.24) is 9.88 Å². The summed E-state index contributed by atoms with van der Waals surface area (Å²) in [5, 5.41) is 3.39. The summed E-state index contributed by atoms with van der Waals surface area (Å²) < 4.78 is 0. The minimum atomic E-state index is 0.593. The molecule has 2 rings (SSSR count). The van der Waals surface area contributed by atoms with Crippen molar-refractivity contribution < 1.29 is 0 Å². The second-order valence-electron chi connectivity index (χ2n) is 4.56. The lowest BCUT2D eigenvalue weighted by Crippen LogP contribution is -2.33. The minimum Gasteiger partial charge on any atom is -0.382 e. The second kappa shape index (κ2) is 5.16. The summed E-state index contributed by atoms with van der Waals surface area (Å²) in [4.78, 5) is 6.45. The molecule has 1 saturated heterocycles. The first-order valence-electron chi connectivity index (χ1n) is 5.88. The maximum absolute atomic E-state index is 5.78. The SMILES string of the molecule is CN1CCC(CNc2cccnc2N)CC1. The van der Waals surface area contributed by atoms with E-state index in [2.05, 4.69) is 22.2 Å². The summed E-state index contributed by atoms with van der Waals surface area (Å²) in [6, 6.07) is 3.89. The molecule has 0 amide bonds. The number of pyridine rings is 1. The molecule has 0 unspecified atom stereocenters. The van der Waals surface area contributed by atoms with Crippen molar-refractivity contribution in [3.05, 3.63) is 18.3 Å². The van der Waals surface area contributed by atoms with E-state index in [0.717, 1.165) is 18.2 Å². The normalized spacial score (nSPS) is 18.6. The third-order valence-electron chi connectivity index (χ3n) is 3.26. The lowest BCUT2D eigenvalue weighted by atomic mass is 9.97. The Morgan fingerprint density at radius 1 is 1.50 bits per heavy atom. The number of likely N-dealkylation sites (tertiary alicyclic amines) is 1. The van der Waals surface area contributed by atoms with Gasteiger partial charge in [0.25, 0.3) is 0 Å². The summed E-state index contributed by atoms with van der Waals surface area (Å²) >= 11 is 0. The van der Waals surface area contributed by atoms with Gasteiger partial charge in [-0.25, -0.2) is 4.98 Å². The van der Waals surface area contributed by atoms with Gasteiger partial charge in [-0.05, 0) is 51.0 Å². The molecule has 88 valence electrons. The summed E-state index contributed by atoms with van der Waals surface area (Å²) in [6.07, 6.45) is 4.25. The largest absolute Gasteiger partial charge is 0.382 e. The second-order valence-corrected chi connectivity index (χ2v) is 4.56. The van der Waals surface area contributed by atoms with Gasteiger partial charge in [0.15, 0.2) is 0 Å². The van der Waals surface area contributed by atoms with E-state index in [9.17, 15) is 0 Å². The zero-order valence-corrected chi connectivity index (χ0v) is 9.82. The molecule has 1 aromatic rings. The van der Waals surface area contributed by atoms with Crippen molar-refractivity contribution >= 4 is 11.5 Å². The number of hydrogen-bond acceptors (Lipinski definition) is 4. The fourth-order valence-electron chi connectivity index (χ4n) is 2.09. The topological polar surface area (TPSA) is 54.2 Å². The Hall–Kier alpha value is -1.29.